The average Bonchev–Trinajstić information content (AvgIpc) is 2.60. The maximum atomic E-state index is 3.65. The Morgan fingerprint density at radius 3 is 2.90 bits per heavy atom. The van der Waals surface area contributed by atoms with Crippen molar-refractivity contribution in [2.45, 2.75) is 31.7 Å². The van der Waals surface area contributed by atoms with Crippen molar-refractivity contribution < 1.29 is 0 Å². The van der Waals surface area contributed by atoms with Crippen LogP contribution in [0.3, 0.4) is 0 Å². The lowest BCUT2D eigenvalue weighted by molar-refractivity contribution is 0.309. The molecule has 0 aromatic heterocycles. The highest BCUT2D eigenvalue weighted by atomic mass is 15.0. The molecule has 0 radical (unpaired) electrons. The van der Waals surface area contributed by atoms with E-state index >= 15 is 0 Å². The van der Waals surface area contributed by atoms with E-state index in [-0.39, 0.29) is 0 Å². The van der Waals surface area contributed by atoms with Crippen molar-refractivity contribution in [2.75, 3.05) is 6.54 Å². The number of nitrogens with one attached hydrogen (secondary N) is 1. The third kappa shape index (κ3) is 0.619. The van der Waals surface area contributed by atoms with Gasteiger partial charge in [0.05, 0.1) is 0 Å². The van der Waals surface area contributed by atoms with Crippen LogP contribution in [-0.4, -0.2) is 12.6 Å². The second kappa shape index (κ2) is 1.76. The molecule has 10 heavy (non-hydrogen) atoms. The number of fused-ring (bicyclic) bond motifs is 3. The Bertz CT molecular complexity index is 155. The summed E-state index contributed by atoms with van der Waals surface area (Å²) in [6.07, 6.45) is 6.09. The van der Waals surface area contributed by atoms with Crippen molar-refractivity contribution in [3.63, 3.8) is 0 Å². The molecule has 3 rings (SSSR count). The molecule has 1 nitrogen and oxygen atoms in total. The molecule has 1 heterocycles. The van der Waals surface area contributed by atoms with Gasteiger partial charge in [-0.25, -0.2) is 0 Å². The van der Waals surface area contributed by atoms with Crippen LogP contribution in [0, 0.1) is 17.8 Å². The Morgan fingerprint density at radius 2 is 1.90 bits per heavy atom. The van der Waals surface area contributed by atoms with E-state index in [1.54, 1.807) is 12.8 Å². The summed E-state index contributed by atoms with van der Waals surface area (Å²) in [5.74, 6) is 3.33. The minimum absolute atomic E-state index is 0.957. The SMILES string of the molecule is C1CC2CCC3CC3C2N1. The first-order chi connectivity index (χ1) is 4.95. The second-order valence-electron chi connectivity index (χ2n) is 4.27. The summed E-state index contributed by atoms with van der Waals surface area (Å²) in [6, 6.07) is 0.957. The third-order valence-electron chi connectivity index (χ3n) is 3.75. The molecular formula is C9H15N. The number of rotatable bonds is 0. The van der Waals surface area contributed by atoms with E-state index < -0.39 is 0 Å². The van der Waals surface area contributed by atoms with Crippen LogP contribution in [-0.2, 0) is 0 Å². The van der Waals surface area contributed by atoms with Gasteiger partial charge in [-0.1, -0.05) is 0 Å². The van der Waals surface area contributed by atoms with Crippen molar-refractivity contribution in [3.8, 4) is 0 Å². The first-order valence-corrected chi connectivity index (χ1v) is 4.68. The highest BCUT2D eigenvalue weighted by molar-refractivity contribution is 5.04. The smallest absolute Gasteiger partial charge is 0.0127 e. The molecule has 0 aromatic carbocycles. The van der Waals surface area contributed by atoms with Crippen molar-refractivity contribution >= 4 is 0 Å². The summed E-state index contributed by atoms with van der Waals surface area (Å²) in [5, 5.41) is 3.65. The summed E-state index contributed by atoms with van der Waals surface area (Å²) in [7, 11) is 0. The van der Waals surface area contributed by atoms with Crippen LogP contribution in [0.4, 0.5) is 0 Å². The van der Waals surface area contributed by atoms with Crippen molar-refractivity contribution in [1.82, 2.24) is 5.32 Å². The van der Waals surface area contributed by atoms with E-state index in [4.69, 9.17) is 0 Å². The van der Waals surface area contributed by atoms with Crippen LogP contribution >= 0.6 is 0 Å². The van der Waals surface area contributed by atoms with Gasteiger partial charge in [0, 0.05) is 6.04 Å². The normalized spacial score (nSPS) is 57.6. The topological polar surface area (TPSA) is 12.0 Å². The molecule has 4 unspecified atom stereocenters. The molecule has 3 aliphatic rings. The van der Waals surface area contributed by atoms with Gasteiger partial charge >= 0.3 is 0 Å². The predicted octanol–water partition coefficient (Wildman–Crippen LogP) is 1.39. The van der Waals surface area contributed by atoms with E-state index in [1.807, 2.05) is 0 Å². The van der Waals surface area contributed by atoms with Gasteiger partial charge in [-0.3, -0.25) is 0 Å². The zero-order valence-electron chi connectivity index (χ0n) is 6.34. The van der Waals surface area contributed by atoms with E-state index in [9.17, 15) is 0 Å². The van der Waals surface area contributed by atoms with Crippen LogP contribution in [0.2, 0.25) is 0 Å². The van der Waals surface area contributed by atoms with Crippen molar-refractivity contribution in [3.05, 3.63) is 0 Å². The molecule has 56 valence electrons. The Balaban J connectivity index is 1.83. The molecule has 0 bridgehead atoms. The second-order valence-corrected chi connectivity index (χ2v) is 4.27. The Morgan fingerprint density at radius 1 is 1.00 bits per heavy atom. The van der Waals surface area contributed by atoms with Crippen LogP contribution in [0.25, 0.3) is 0 Å². The van der Waals surface area contributed by atoms with Crippen molar-refractivity contribution in [2.24, 2.45) is 17.8 Å². The standard InChI is InChI=1S/C9H15N/c1-2-7-5-8(7)9-6(1)3-4-10-9/h6-10H,1-5H2. The minimum Gasteiger partial charge on any atom is -0.313 e. The minimum atomic E-state index is 0.957. The third-order valence-corrected chi connectivity index (χ3v) is 3.75. The number of hydrogen-bond donors (Lipinski definition) is 1. The van der Waals surface area contributed by atoms with Gasteiger partial charge in [-0.05, 0) is 50.0 Å². The highest BCUT2D eigenvalue weighted by Crippen LogP contribution is 2.53. The lowest BCUT2D eigenvalue weighted by Crippen LogP contribution is -2.32. The van der Waals surface area contributed by atoms with Crippen LogP contribution < -0.4 is 5.32 Å². The van der Waals surface area contributed by atoms with Crippen LogP contribution in [0.5, 0.6) is 0 Å². The Hall–Kier alpha value is -0.0400. The molecule has 0 aromatic rings. The van der Waals surface area contributed by atoms with Gasteiger partial charge in [0.1, 0.15) is 0 Å². The maximum Gasteiger partial charge on any atom is 0.0127 e. The van der Waals surface area contributed by atoms with Gasteiger partial charge in [-0.15, -0.1) is 0 Å². The molecule has 1 heteroatoms. The van der Waals surface area contributed by atoms with E-state index in [0.29, 0.717) is 0 Å². The molecule has 2 saturated carbocycles. The lowest BCUT2D eigenvalue weighted by Gasteiger charge is -2.23. The van der Waals surface area contributed by atoms with Gasteiger partial charge < -0.3 is 5.32 Å². The van der Waals surface area contributed by atoms with Crippen molar-refractivity contribution in [1.29, 1.82) is 0 Å². The molecule has 0 amide bonds. The molecule has 0 spiro atoms. The maximum absolute atomic E-state index is 3.65. The molecule has 1 saturated heterocycles. The number of hydrogen-bond acceptors (Lipinski definition) is 1. The van der Waals surface area contributed by atoms with Gasteiger partial charge in [0.2, 0.25) is 0 Å². The molecular weight excluding hydrogens is 122 g/mol. The van der Waals surface area contributed by atoms with Gasteiger partial charge in [0.15, 0.2) is 0 Å². The zero-order chi connectivity index (χ0) is 6.55. The predicted molar refractivity (Wildman–Crippen MR) is 40.7 cm³/mol. The van der Waals surface area contributed by atoms with Crippen LogP contribution in [0.15, 0.2) is 0 Å². The molecule has 1 aliphatic heterocycles. The fourth-order valence-corrected chi connectivity index (χ4v) is 3.08. The first-order valence-electron chi connectivity index (χ1n) is 4.68. The fraction of sp³-hybridized carbons (Fsp3) is 1.00. The first kappa shape index (κ1) is 5.59. The fourth-order valence-electron chi connectivity index (χ4n) is 3.08. The summed E-state index contributed by atoms with van der Waals surface area (Å²) in [6.45, 7) is 1.30. The molecule has 4 atom stereocenters. The Kier molecular flexibility index (Phi) is 0.984. The molecule has 1 N–H and O–H groups in total. The summed E-state index contributed by atoms with van der Waals surface area (Å²) < 4.78 is 0. The summed E-state index contributed by atoms with van der Waals surface area (Å²) >= 11 is 0. The van der Waals surface area contributed by atoms with E-state index in [0.717, 1.165) is 23.8 Å². The van der Waals surface area contributed by atoms with Gasteiger partial charge in [-0.2, -0.15) is 0 Å². The van der Waals surface area contributed by atoms with Gasteiger partial charge in [0.25, 0.3) is 0 Å². The quantitative estimate of drug-likeness (QED) is 0.532. The average molecular weight is 137 g/mol. The van der Waals surface area contributed by atoms with Crippen LogP contribution in [0.1, 0.15) is 25.7 Å². The largest absolute Gasteiger partial charge is 0.313 e. The highest BCUT2D eigenvalue weighted by Gasteiger charge is 2.50. The summed E-state index contributed by atoms with van der Waals surface area (Å²) in [5.41, 5.74) is 0. The molecule has 3 fully saturated rings. The molecule has 2 aliphatic carbocycles. The van der Waals surface area contributed by atoms with E-state index in [1.165, 1.54) is 19.4 Å². The van der Waals surface area contributed by atoms with E-state index in [2.05, 4.69) is 5.32 Å². The monoisotopic (exact) mass is 137 g/mol. The lowest BCUT2D eigenvalue weighted by atomic mass is 9.85. The summed E-state index contributed by atoms with van der Waals surface area (Å²) in [4.78, 5) is 0. The zero-order valence-corrected chi connectivity index (χ0v) is 6.34. The Labute approximate surface area is 62.2 Å².